The second kappa shape index (κ2) is 9.20. The summed E-state index contributed by atoms with van der Waals surface area (Å²) in [5.74, 6) is -0.0632. The van der Waals surface area contributed by atoms with Crippen LogP contribution in [0.5, 0.6) is 5.75 Å². The highest BCUT2D eigenvalue weighted by Gasteiger charge is 2.19. The van der Waals surface area contributed by atoms with Crippen molar-refractivity contribution in [2.75, 3.05) is 12.3 Å². The van der Waals surface area contributed by atoms with Crippen LogP contribution in [0.1, 0.15) is 11.1 Å². The zero-order chi connectivity index (χ0) is 23.4. The van der Waals surface area contributed by atoms with Crippen LogP contribution in [0.15, 0.2) is 67.5 Å². The summed E-state index contributed by atoms with van der Waals surface area (Å²) in [6.45, 7) is 4.75. The van der Waals surface area contributed by atoms with Gasteiger partial charge in [-0.2, -0.15) is 10.4 Å². The van der Waals surface area contributed by atoms with E-state index >= 15 is 0 Å². The van der Waals surface area contributed by atoms with Crippen LogP contribution in [-0.2, 0) is 17.9 Å². The molecule has 0 saturated carbocycles. The topological polar surface area (TPSA) is 134 Å². The third-order valence-corrected chi connectivity index (χ3v) is 5.23. The molecule has 1 amide bonds. The highest BCUT2D eigenvalue weighted by molar-refractivity contribution is 5.98. The molecule has 0 atom stereocenters. The maximum atomic E-state index is 12.5. The number of carbonyl (C=O) groups is 1. The van der Waals surface area contributed by atoms with Crippen molar-refractivity contribution in [2.24, 2.45) is 0 Å². The Balaban J connectivity index is 1.69. The van der Waals surface area contributed by atoms with E-state index in [4.69, 9.17) is 5.73 Å². The lowest BCUT2D eigenvalue weighted by atomic mass is 10.1. The van der Waals surface area contributed by atoms with Gasteiger partial charge >= 0.3 is 0 Å². The van der Waals surface area contributed by atoms with Gasteiger partial charge in [-0.25, -0.2) is 14.6 Å². The lowest BCUT2D eigenvalue weighted by molar-refractivity contribution is -0.126. The first-order valence-electron chi connectivity index (χ1n) is 10.2. The minimum atomic E-state index is -0.193. The molecule has 33 heavy (non-hydrogen) atoms. The molecule has 0 radical (unpaired) electrons. The fourth-order valence-electron chi connectivity index (χ4n) is 3.58. The van der Waals surface area contributed by atoms with Crippen LogP contribution < -0.4 is 5.73 Å². The maximum absolute atomic E-state index is 12.5. The standard InChI is InChI=1S/C24H21N7O2/c1-2-20(33)30(14-16-6-4-3-5-7-16)10-11-31-24-21(23(26)27-15-28-24)22(29-31)17-8-9-19(32)18(12-17)13-25/h2-9,12,15,32H,1,10-11,14H2,(H2,26,27,28). The molecule has 2 aromatic carbocycles. The number of nitrogens with two attached hydrogens (primary N) is 1. The second-order valence-corrected chi connectivity index (χ2v) is 7.32. The number of hydrogen-bond donors (Lipinski definition) is 2. The van der Waals surface area contributed by atoms with Gasteiger partial charge in [0.25, 0.3) is 0 Å². The number of phenolic OH excluding ortho intramolecular Hbond substituents is 1. The van der Waals surface area contributed by atoms with E-state index < -0.39 is 0 Å². The summed E-state index contributed by atoms with van der Waals surface area (Å²) in [7, 11) is 0. The van der Waals surface area contributed by atoms with Crippen molar-refractivity contribution >= 4 is 22.8 Å². The van der Waals surface area contributed by atoms with Gasteiger partial charge in [-0.05, 0) is 29.8 Å². The molecular formula is C24H21N7O2. The molecule has 0 bridgehead atoms. The van der Waals surface area contributed by atoms with Crippen LogP contribution in [0.2, 0.25) is 0 Å². The summed E-state index contributed by atoms with van der Waals surface area (Å²) in [4.78, 5) is 22.6. The van der Waals surface area contributed by atoms with Crippen molar-refractivity contribution in [1.29, 1.82) is 5.26 Å². The Bertz CT molecular complexity index is 1370. The van der Waals surface area contributed by atoms with Gasteiger partial charge in [-0.3, -0.25) is 4.79 Å². The van der Waals surface area contributed by atoms with Crippen molar-refractivity contribution in [3.63, 3.8) is 0 Å². The highest BCUT2D eigenvalue weighted by Crippen LogP contribution is 2.32. The number of nitrogen functional groups attached to an aromatic ring is 1. The third-order valence-electron chi connectivity index (χ3n) is 5.23. The molecule has 0 saturated heterocycles. The number of aromatic nitrogens is 4. The zero-order valence-electron chi connectivity index (χ0n) is 17.7. The lowest BCUT2D eigenvalue weighted by Crippen LogP contribution is -2.32. The monoisotopic (exact) mass is 439 g/mol. The van der Waals surface area contributed by atoms with Gasteiger partial charge < -0.3 is 15.7 Å². The normalized spacial score (nSPS) is 10.6. The molecule has 3 N–H and O–H groups in total. The summed E-state index contributed by atoms with van der Waals surface area (Å²) in [5, 5.41) is 24.3. The fourth-order valence-corrected chi connectivity index (χ4v) is 3.58. The predicted octanol–water partition coefficient (Wildman–Crippen LogP) is 2.87. The number of benzene rings is 2. The Kier molecular flexibility index (Phi) is 6.00. The van der Waals surface area contributed by atoms with E-state index in [-0.39, 0.29) is 23.0 Å². The van der Waals surface area contributed by atoms with E-state index in [1.807, 2.05) is 36.4 Å². The smallest absolute Gasteiger partial charge is 0.246 e. The molecule has 4 aromatic rings. The molecule has 0 unspecified atom stereocenters. The number of nitrogens with zero attached hydrogens (tertiary/aromatic N) is 6. The van der Waals surface area contributed by atoms with E-state index in [1.165, 1.54) is 24.5 Å². The Labute approximate surface area is 190 Å². The summed E-state index contributed by atoms with van der Waals surface area (Å²) in [6, 6.07) is 16.3. The molecule has 2 aromatic heterocycles. The van der Waals surface area contributed by atoms with Gasteiger partial charge in [0.1, 0.15) is 29.7 Å². The van der Waals surface area contributed by atoms with Crippen molar-refractivity contribution in [2.45, 2.75) is 13.1 Å². The molecule has 0 aliphatic heterocycles. The van der Waals surface area contributed by atoms with Gasteiger partial charge in [0.15, 0.2) is 5.65 Å². The van der Waals surface area contributed by atoms with E-state index in [1.54, 1.807) is 15.6 Å². The Morgan fingerprint density at radius 1 is 1.24 bits per heavy atom. The van der Waals surface area contributed by atoms with Gasteiger partial charge in [0.05, 0.1) is 17.5 Å². The number of hydrogen-bond acceptors (Lipinski definition) is 7. The molecule has 164 valence electrons. The minimum absolute atomic E-state index is 0.117. The number of amides is 1. The summed E-state index contributed by atoms with van der Waals surface area (Å²) in [6.07, 6.45) is 2.64. The predicted molar refractivity (Wildman–Crippen MR) is 124 cm³/mol. The third kappa shape index (κ3) is 4.36. The molecular weight excluding hydrogens is 418 g/mol. The zero-order valence-corrected chi connectivity index (χ0v) is 17.7. The van der Waals surface area contributed by atoms with Crippen LogP contribution in [0.4, 0.5) is 5.82 Å². The van der Waals surface area contributed by atoms with Crippen molar-refractivity contribution in [3.8, 4) is 23.1 Å². The first kappa shape index (κ1) is 21.5. The quantitative estimate of drug-likeness (QED) is 0.423. The number of phenols is 1. The number of anilines is 1. The minimum Gasteiger partial charge on any atom is -0.507 e. The Morgan fingerprint density at radius 3 is 2.76 bits per heavy atom. The van der Waals surface area contributed by atoms with Gasteiger partial charge in [0, 0.05) is 18.7 Å². The van der Waals surface area contributed by atoms with Gasteiger partial charge in [0.2, 0.25) is 5.91 Å². The number of carbonyl (C=O) groups excluding carboxylic acids is 1. The summed E-state index contributed by atoms with van der Waals surface area (Å²) >= 11 is 0. The van der Waals surface area contributed by atoms with Crippen molar-refractivity contribution in [1.82, 2.24) is 24.6 Å². The molecule has 0 aliphatic carbocycles. The Morgan fingerprint density at radius 2 is 2.03 bits per heavy atom. The van der Waals surface area contributed by atoms with Crippen LogP contribution in [0, 0.1) is 11.3 Å². The van der Waals surface area contributed by atoms with Crippen LogP contribution in [0.3, 0.4) is 0 Å². The number of nitriles is 1. The van der Waals surface area contributed by atoms with Gasteiger partial charge in [-0.15, -0.1) is 0 Å². The molecule has 0 fully saturated rings. The molecule has 0 aliphatic rings. The molecule has 9 nitrogen and oxygen atoms in total. The van der Waals surface area contributed by atoms with Crippen LogP contribution in [0.25, 0.3) is 22.3 Å². The second-order valence-electron chi connectivity index (χ2n) is 7.32. The van der Waals surface area contributed by atoms with E-state index in [9.17, 15) is 15.2 Å². The molecule has 2 heterocycles. The van der Waals surface area contributed by atoms with Crippen LogP contribution >= 0.6 is 0 Å². The summed E-state index contributed by atoms with van der Waals surface area (Å²) < 4.78 is 1.66. The van der Waals surface area contributed by atoms with Crippen molar-refractivity contribution in [3.05, 3.63) is 78.6 Å². The Hall–Kier alpha value is -4.71. The number of fused-ring (bicyclic) bond motifs is 1. The average molecular weight is 439 g/mol. The summed E-state index contributed by atoms with van der Waals surface area (Å²) in [5.41, 5.74) is 8.85. The van der Waals surface area contributed by atoms with Crippen LogP contribution in [-0.4, -0.2) is 42.2 Å². The fraction of sp³-hybridized carbons (Fsp3) is 0.125. The number of aromatic hydroxyl groups is 1. The van der Waals surface area contributed by atoms with E-state index in [0.717, 1.165) is 5.56 Å². The molecule has 0 spiro atoms. The molecule has 9 heteroatoms. The maximum Gasteiger partial charge on any atom is 0.246 e. The highest BCUT2D eigenvalue weighted by atomic mass is 16.3. The SMILES string of the molecule is C=CC(=O)N(CCn1nc(-c2ccc(O)c(C#N)c2)c2c(N)ncnc21)Cc1ccccc1. The first-order chi connectivity index (χ1) is 16.0. The van der Waals surface area contributed by atoms with E-state index in [0.29, 0.717) is 41.9 Å². The van der Waals surface area contributed by atoms with Gasteiger partial charge in [-0.1, -0.05) is 36.9 Å². The lowest BCUT2D eigenvalue weighted by Gasteiger charge is -2.21. The largest absolute Gasteiger partial charge is 0.507 e. The number of rotatable bonds is 7. The van der Waals surface area contributed by atoms with Crippen molar-refractivity contribution < 1.29 is 9.90 Å². The molecule has 4 rings (SSSR count). The van der Waals surface area contributed by atoms with E-state index in [2.05, 4.69) is 21.6 Å². The average Bonchev–Trinajstić information content (AvgIpc) is 3.22. The first-order valence-corrected chi connectivity index (χ1v) is 10.2.